The zero-order valence-corrected chi connectivity index (χ0v) is 11.3. The summed E-state index contributed by atoms with van der Waals surface area (Å²) in [6.45, 7) is 2.23. The number of nitrogens with zero attached hydrogens (tertiary/aromatic N) is 1. The van der Waals surface area contributed by atoms with Crippen molar-refractivity contribution in [2.75, 3.05) is 13.0 Å². The van der Waals surface area contributed by atoms with Crippen LogP contribution >= 0.6 is 11.8 Å². The second-order valence-electron chi connectivity index (χ2n) is 4.60. The molecule has 0 saturated carbocycles. The number of hydrogen-bond acceptors (Lipinski definition) is 3. The lowest BCUT2D eigenvalue weighted by Crippen LogP contribution is -2.31. The van der Waals surface area contributed by atoms with Gasteiger partial charge < -0.3 is 4.74 Å². The summed E-state index contributed by atoms with van der Waals surface area (Å²) in [5.74, 6) is 1.73. The van der Waals surface area contributed by atoms with Gasteiger partial charge in [-0.15, -0.1) is 11.8 Å². The number of benzene rings is 1. The van der Waals surface area contributed by atoms with Crippen LogP contribution in [0.5, 0.6) is 5.75 Å². The van der Waals surface area contributed by atoms with Crippen LogP contribution in [0.15, 0.2) is 52.4 Å². The quantitative estimate of drug-likeness (QED) is 0.808. The van der Waals surface area contributed by atoms with Crippen LogP contribution in [0.25, 0.3) is 0 Å². The third-order valence-electron chi connectivity index (χ3n) is 3.53. The van der Waals surface area contributed by atoms with Crippen molar-refractivity contribution in [3.8, 4) is 5.75 Å². The molecule has 1 unspecified atom stereocenters. The first kappa shape index (κ1) is 11.6. The van der Waals surface area contributed by atoms with E-state index in [0.29, 0.717) is 0 Å². The van der Waals surface area contributed by atoms with Crippen molar-refractivity contribution in [2.45, 2.75) is 12.3 Å². The van der Waals surface area contributed by atoms with E-state index in [1.165, 1.54) is 16.2 Å². The number of rotatable bonds is 2. The van der Waals surface area contributed by atoms with Gasteiger partial charge in [0.1, 0.15) is 5.75 Å². The van der Waals surface area contributed by atoms with E-state index in [2.05, 4.69) is 42.3 Å². The topological polar surface area (TPSA) is 21.6 Å². The SMILES string of the molecule is COc1ccc(C2(C)C=CC=C3SCN=C32)cc1. The van der Waals surface area contributed by atoms with Gasteiger partial charge in [0.15, 0.2) is 0 Å². The van der Waals surface area contributed by atoms with Crippen molar-refractivity contribution in [1.29, 1.82) is 0 Å². The molecule has 1 aromatic rings. The summed E-state index contributed by atoms with van der Waals surface area (Å²) in [6.07, 6.45) is 6.52. The Bertz CT molecular complexity index is 556. The van der Waals surface area contributed by atoms with Crippen LogP contribution < -0.4 is 4.74 Å². The number of aliphatic imine (C=N–C) groups is 1. The average molecular weight is 257 g/mol. The van der Waals surface area contributed by atoms with Crippen molar-refractivity contribution in [2.24, 2.45) is 4.99 Å². The van der Waals surface area contributed by atoms with Gasteiger partial charge in [0.2, 0.25) is 0 Å². The van der Waals surface area contributed by atoms with Gasteiger partial charge in [-0.05, 0) is 30.7 Å². The summed E-state index contributed by atoms with van der Waals surface area (Å²) >= 11 is 1.81. The van der Waals surface area contributed by atoms with E-state index in [1.807, 2.05) is 23.9 Å². The predicted molar refractivity (Wildman–Crippen MR) is 77.5 cm³/mol. The highest BCUT2D eigenvalue weighted by atomic mass is 32.2. The minimum atomic E-state index is -0.111. The molecule has 0 saturated heterocycles. The first-order valence-corrected chi connectivity index (χ1v) is 6.95. The van der Waals surface area contributed by atoms with Gasteiger partial charge in [0.25, 0.3) is 0 Å². The molecule has 0 fully saturated rings. The predicted octanol–water partition coefficient (Wildman–Crippen LogP) is 3.55. The molecule has 1 aromatic carbocycles. The van der Waals surface area contributed by atoms with Gasteiger partial charge >= 0.3 is 0 Å². The summed E-state index contributed by atoms with van der Waals surface area (Å²) in [4.78, 5) is 5.96. The smallest absolute Gasteiger partial charge is 0.118 e. The molecule has 3 rings (SSSR count). The number of ether oxygens (including phenoxy) is 1. The number of allylic oxidation sites excluding steroid dienone is 4. The van der Waals surface area contributed by atoms with E-state index in [-0.39, 0.29) is 5.41 Å². The minimum absolute atomic E-state index is 0.111. The molecule has 3 heteroatoms. The van der Waals surface area contributed by atoms with Gasteiger partial charge in [-0.1, -0.05) is 24.3 Å². The van der Waals surface area contributed by atoms with Crippen LogP contribution in [0.4, 0.5) is 0 Å². The van der Waals surface area contributed by atoms with Gasteiger partial charge in [-0.25, -0.2) is 0 Å². The van der Waals surface area contributed by atoms with E-state index in [0.717, 1.165) is 11.6 Å². The summed E-state index contributed by atoms with van der Waals surface area (Å²) in [5, 5.41) is 0. The minimum Gasteiger partial charge on any atom is -0.497 e. The molecule has 1 atom stereocenters. The zero-order valence-electron chi connectivity index (χ0n) is 10.5. The first-order chi connectivity index (χ1) is 8.74. The average Bonchev–Trinajstić information content (AvgIpc) is 2.89. The number of thioether (sulfide) groups is 1. The van der Waals surface area contributed by atoms with Crippen LogP contribution in [-0.4, -0.2) is 18.7 Å². The maximum atomic E-state index is 5.21. The third-order valence-corrected chi connectivity index (χ3v) is 4.43. The maximum Gasteiger partial charge on any atom is 0.118 e. The molecule has 2 aliphatic rings. The van der Waals surface area contributed by atoms with E-state index < -0.39 is 0 Å². The van der Waals surface area contributed by atoms with Crippen LogP contribution in [0.2, 0.25) is 0 Å². The Morgan fingerprint density at radius 2 is 2.06 bits per heavy atom. The van der Waals surface area contributed by atoms with Gasteiger partial charge in [0, 0.05) is 4.91 Å². The fourth-order valence-electron chi connectivity index (χ4n) is 2.44. The van der Waals surface area contributed by atoms with E-state index in [1.54, 1.807) is 7.11 Å². The van der Waals surface area contributed by atoms with Crippen molar-refractivity contribution >= 4 is 17.5 Å². The van der Waals surface area contributed by atoms with Crippen LogP contribution in [0, 0.1) is 0 Å². The van der Waals surface area contributed by atoms with Crippen molar-refractivity contribution in [3.05, 3.63) is 53.0 Å². The van der Waals surface area contributed by atoms with Gasteiger partial charge in [-0.2, -0.15) is 0 Å². The highest BCUT2D eigenvalue weighted by Crippen LogP contribution is 2.40. The Labute approximate surface area is 111 Å². The molecule has 1 aliphatic heterocycles. The molecule has 92 valence electrons. The summed E-state index contributed by atoms with van der Waals surface area (Å²) in [6, 6.07) is 8.26. The maximum absolute atomic E-state index is 5.21. The van der Waals surface area contributed by atoms with Gasteiger partial charge in [-0.3, -0.25) is 4.99 Å². The lowest BCUT2D eigenvalue weighted by Gasteiger charge is -2.29. The van der Waals surface area contributed by atoms with Crippen molar-refractivity contribution in [1.82, 2.24) is 0 Å². The molecule has 1 heterocycles. The highest BCUT2D eigenvalue weighted by molar-refractivity contribution is 8.04. The lowest BCUT2D eigenvalue weighted by molar-refractivity contribution is 0.414. The molecular weight excluding hydrogens is 242 g/mol. The van der Waals surface area contributed by atoms with Crippen LogP contribution in [0.1, 0.15) is 12.5 Å². The Kier molecular flexibility index (Phi) is 2.78. The fraction of sp³-hybridized carbons (Fsp3) is 0.267. The second-order valence-corrected chi connectivity index (χ2v) is 5.59. The van der Waals surface area contributed by atoms with E-state index in [4.69, 9.17) is 4.74 Å². The lowest BCUT2D eigenvalue weighted by atomic mass is 9.75. The molecular formula is C15H15NOS. The van der Waals surface area contributed by atoms with Crippen LogP contribution in [-0.2, 0) is 5.41 Å². The molecule has 0 aromatic heterocycles. The normalized spacial score (nSPS) is 25.4. The standard InChI is InChI=1S/C15H15NOS/c1-15(11-5-7-12(17-2)8-6-11)9-3-4-13-14(15)16-10-18-13/h3-9H,10H2,1-2H3. The summed E-state index contributed by atoms with van der Waals surface area (Å²) in [5.41, 5.74) is 2.34. The van der Waals surface area contributed by atoms with Crippen LogP contribution in [0.3, 0.4) is 0 Å². The number of methoxy groups -OCH3 is 1. The largest absolute Gasteiger partial charge is 0.497 e. The third kappa shape index (κ3) is 1.70. The summed E-state index contributed by atoms with van der Waals surface area (Å²) in [7, 11) is 1.69. The molecule has 0 spiro atoms. The Morgan fingerprint density at radius 3 is 2.78 bits per heavy atom. The second kappa shape index (κ2) is 4.32. The Hall–Kier alpha value is -1.48. The zero-order chi connectivity index (χ0) is 12.6. The monoisotopic (exact) mass is 257 g/mol. The van der Waals surface area contributed by atoms with E-state index >= 15 is 0 Å². The van der Waals surface area contributed by atoms with E-state index in [9.17, 15) is 0 Å². The van der Waals surface area contributed by atoms with Gasteiger partial charge in [0.05, 0.1) is 24.1 Å². The van der Waals surface area contributed by atoms with Crippen molar-refractivity contribution < 1.29 is 4.74 Å². The van der Waals surface area contributed by atoms with Crippen molar-refractivity contribution in [3.63, 3.8) is 0 Å². The molecule has 0 bridgehead atoms. The fourth-order valence-corrected chi connectivity index (χ4v) is 3.36. The molecule has 2 nitrogen and oxygen atoms in total. The molecule has 0 amide bonds. The molecule has 0 N–H and O–H groups in total. The molecule has 1 aliphatic carbocycles. The molecule has 18 heavy (non-hydrogen) atoms. The summed E-state index contributed by atoms with van der Waals surface area (Å²) < 4.78 is 5.21. The highest BCUT2D eigenvalue weighted by Gasteiger charge is 2.36. The Morgan fingerprint density at radius 1 is 1.28 bits per heavy atom. The first-order valence-electron chi connectivity index (χ1n) is 5.96. The Balaban J connectivity index is 2.04. The number of hydrogen-bond donors (Lipinski definition) is 0. The molecule has 0 radical (unpaired) electrons. The number of fused-ring (bicyclic) bond motifs is 1.